The van der Waals surface area contributed by atoms with Gasteiger partial charge >= 0.3 is 0 Å². The Morgan fingerprint density at radius 2 is 1.63 bits per heavy atom. The van der Waals surface area contributed by atoms with Crippen molar-refractivity contribution in [1.29, 1.82) is 0 Å². The highest BCUT2D eigenvalue weighted by molar-refractivity contribution is 5.35. The molecular formula is C17H29NO. The Hall–Kier alpha value is -1.02. The maximum atomic E-state index is 5.86. The molecule has 0 atom stereocenters. The zero-order valence-corrected chi connectivity index (χ0v) is 13.0. The van der Waals surface area contributed by atoms with E-state index in [0.717, 1.165) is 51.3 Å². The molecule has 0 saturated heterocycles. The van der Waals surface area contributed by atoms with Crippen molar-refractivity contribution < 1.29 is 4.74 Å². The number of ether oxygens (including phenoxy) is 1. The van der Waals surface area contributed by atoms with E-state index in [1.54, 1.807) is 0 Å². The van der Waals surface area contributed by atoms with Crippen LogP contribution in [0.3, 0.4) is 0 Å². The third-order valence-electron chi connectivity index (χ3n) is 3.72. The number of hydrogen-bond acceptors (Lipinski definition) is 2. The van der Waals surface area contributed by atoms with Crippen molar-refractivity contribution >= 4 is 0 Å². The van der Waals surface area contributed by atoms with E-state index in [-0.39, 0.29) is 0 Å². The molecule has 0 spiro atoms. The molecular weight excluding hydrogens is 234 g/mol. The summed E-state index contributed by atoms with van der Waals surface area (Å²) in [6.07, 6.45) is 3.28. The molecule has 0 N–H and O–H groups in total. The molecule has 108 valence electrons. The first-order chi connectivity index (χ1) is 9.24. The minimum Gasteiger partial charge on any atom is -0.494 e. The molecule has 1 rings (SSSR count). The van der Waals surface area contributed by atoms with Crippen molar-refractivity contribution in [3.63, 3.8) is 0 Å². The zero-order chi connectivity index (χ0) is 14.1. The van der Waals surface area contributed by atoms with Gasteiger partial charge in [-0.2, -0.15) is 0 Å². The number of nitrogens with zero attached hydrogens (tertiary/aromatic N) is 1. The second-order valence-electron chi connectivity index (χ2n) is 4.87. The second kappa shape index (κ2) is 8.98. The van der Waals surface area contributed by atoms with Crippen LogP contribution in [-0.2, 0) is 12.8 Å². The molecule has 0 unspecified atom stereocenters. The molecule has 0 aliphatic rings. The van der Waals surface area contributed by atoms with E-state index < -0.39 is 0 Å². The Bertz CT molecular complexity index is 358. The molecule has 1 aromatic rings. The number of hydrogen-bond donors (Lipinski definition) is 0. The standard InChI is InChI=1S/C17H29NO/c1-5-15-10-11-17(14-16(15)6-2)19-13-9-12-18(7-3)8-4/h10-11,14H,5-9,12-13H2,1-4H3. The highest BCUT2D eigenvalue weighted by Crippen LogP contribution is 2.19. The fourth-order valence-corrected chi connectivity index (χ4v) is 2.38. The fraction of sp³-hybridized carbons (Fsp3) is 0.647. The third-order valence-corrected chi connectivity index (χ3v) is 3.72. The van der Waals surface area contributed by atoms with Crippen LogP contribution in [0.4, 0.5) is 0 Å². The van der Waals surface area contributed by atoms with E-state index >= 15 is 0 Å². The summed E-state index contributed by atoms with van der Waals surface area (Å²) in [5.74, 6) is 1.02. The van der Waals surface area contributed by atoms with Gasteiger partial charge in [0.1, 0.15) is 5.75 Å². The predicted octanol–water partition coefficient (Wildman–Crippen LogP) is 3.92. The van der Waals surface area contributed by atoms with Crippen LogP contribution in [0.15, 0.2) is 18.2 Å². The van der Waals surface area contributed by atoms with Gasteiger partial charge in [0.2, 0.25) is 0 Å². The van der Waals surface area contributed by atoms with Gasteiger partial charge in [0.25, 0.3) is 0 Å². The largest absolute Gasteiger partial charge is 0.494 e. The quantitative estimate of drug-likeness (QED) is 0.626. The van der Waals surface area contributed by atoms with Crippen molar-refractivity contribution in [2.75, 3.05) is 26.2 Å². The van der Waals surface area contributed by atoms with E-state index in [1.165, 1.54) is 11.1 Å². The summed E-state index contributed by atoms with van der Waals surface area (Å²) in [4.78, 5) is 2.43. The van der Waals surface area contributed by atoms with Crippen LogP contribution in [0.25, 0.3) is 0 Å². The first kappa shape index (κ1) is 16.0. The third kappa shape index (κ3) is 5.23. The number of aryl methyl sites for hydroxylation is 2. The Kier molecular flexibility index (Phi) is 7.57. The van der Waals surface area contributed by atoms with Crippen LogP contribution in [0.2, 0.25) is 0 Å². The summed E-state index contributed by atoms with van der Waals surface area (Å²) in [6, 6.07) is 6.52. The molecule has 0 bridgehead atoms. The predicted molar refractivity (Wildman–Crippen MR) is 83.1 cm³/mol. The van der Waals surface area contributed by atoms with Crippen LogP contribution >= 0.6 is 0 Å². The Morgan fingerprint density at radius 3 is 2.21 bits per heavy atom. The molecule has 0 radical (unpaired) electrons. The molecule has 1 aromatic carbocycles. The van der Waals surface area contributed by atoms with Gasteiger partial charge in [-0.05, 0) is 55.6 Å². The van der Waals surface area contributed by atoms with Crippen molar-refractivity contribution in [2.45, 2.75) is 47.0 Å². The lowest BCUT2D eigenvalue weighted by atomic mass is 10.0. The van der Waals surface area contributed by atoms with E-state index in [0.29, 0.717) is 0 Å². The highest BCUT2D eigenvalue weighted by atomic mass is 16.5. The van der Waals surface area contributed by atoms with E-state index in [9.17, 15) is 0 Å². The van der Waals surface area contributed by atoms with Crippen LogP contribution in [0, 0.1) is 0 Å². The zero-order valence-electron chi connectivity index (χ0n) is 13.0. The minimum absolute atomic E-state index is 0.811. The van der Waals surface area contributed by atoms with E-state index in [1.807, 2.05) is 0 Å². The summed E-state index contributed by atoms with van der Waals surface area (Å²) in [7, 11) is 0. The van der Waals surface area contributed by atoms with Crippen molar-refractivity contribution in [1.82, 2.24) is 4.90 Å². The van der Waals surface area contributed by atoms with Gasteiger partial charge in [-0.1, -0.05) is 33.8 Å². The summed E-state index contributed by atoms with van der Waals surface area (Å²) >= 11 is 0. The normalized spacial score (nSPS) is 11.0. The minimum atomic E-state index is 0.811. The van der Waals surface area contributed by atoms with Gasteiger partial charge in [0.05, 0.1) is 6.61 Å². The first-order valence-electron chi connectivity index (χ1n) is 7.72. The second-order valence-corrected chi connectivity index (χ2v) is 4.87. The molecule has 0 amide bonds. The van der Waals surface area contributed by atoms with Crippen molar-refractivity contribution in [2.24, 2.45) is 0 Å². The van der Waals surface area contributed by atoms with Crippen LogP contribution in [-0.4, -0.2) is 31.1 Å². The highest BCUT2D eigenvalue weighted by Gasteiger charge is 2.02. The molecule has 0 fully saturated rings. The average Bonchev–Trinajstić information content (AvgIpc) is 2.47. The lowest BCUT2D eigenvalue weighted by Gasteiger charge is -2.18. The number of rotatable bonds is 9. The van der Waals surface area contributed by atoms with Gasteiger partial charge in [0.15, 0.2) is 0 Å². The smallest absolute Gasteiger partial charge is 0.119 e. The fourth-order valence-electron chi connectivity index (χ4n) is 2.38. The summed E-state index contributed by atoms with van der Waals surface area (Å²) in [5, 5.41) is 0. The Morgan fingerprint density at radius 1 is 0.947 bits per heavy atom. The summed E-state index contributed by atoms with van der Waals surface area (Å²) in [5.41, 5.74) is 2.86. The molecule has 0 aliphatic carbocycles. The lowest BCUT2D eigenvalue weighted by Crippen LogP contribution is -2.25. The van der Waals surface area contributed by atoms with Crippen LogP contribution in [0.5, 0.6) is 5.75 Å². The number of benzene rings is 1. The molecule has 0 aliphatic heterocycles. The first-order valence-corrected chi connectivity index (χ1v) is 7.72. The summed E-state index contributed by atoms with van der Waals surface area (Å²) in [6.45, 7) is 13.0. The van der Waals surface area contributed by atoms with Crippen LogP contribution in [0.1, 0.15) is 45.2 Å². The van der Waals surface area contributed by atoms with E-state index in [2.05, 4.69) is 50.8 Å². The van der Waals surface area contributed by atoms with Crippen molar-refractivity contribution in [3.8, 4) is 5.75 Å². The maximum Gasteiger partial charge on any atom is 0.119 e. The molecule has 0 aromatic heterocycles. The Balaban J connectivity index is 2.41. The van der Waals surface area contributed by atoms with Gasteiger partial charge in [-0.15, -0.1) is 0 Å². The monoisotopic (exact) mass is 263 g/mol. The van der Waals surface area contributed by atoms with Crippen LogP contribution < -0.4 is 4.74 Å². The SMILES string of the molecule is CCc1ccc(OCCCN(CC)CC)cc1CC. The van der Waals surface area contributed by atoms with Gasteiger partial charge in [0, 0.05) is 6.54 Å². The molecule has 19 heavy (non-hydrogen) atoms. The molecule has 0 heterocycles. The van der Waals surface area contributed by atoms with Crippen molar-refractivity contribution in [3.05, 3.63) is 29.3 Å². The molecule has 0 saturated carbocycles. The lowest BCUT2D eigenvalue weighted by molar-refractivity contribution is 0.249. The summed E-state index contributed by atoms with van der Waals surface area (Å²) < 4.78 is 5.86. The van der Waals surface area contributed by atoms with Gasteiger partial charge < -0.3 is 9.64 Å². The molecule has 2 heteroatoms. The molecule has 2 nitrogen and oxygen atoms in total. The van der Waals surface area contributed by atoms with Gasteiger partial charge in [-0.3, -0.25) is 0 Å². The Labute approximate surface area is 118 Å². The average molecular weight is 263 g/mol. The van der Waals surface area contributed by atoms with E-state index in [4.69, 9.17) is 4.74 Å². The van der Waals surface area contributed by atoms with Gasteiger partial charge in [-0.25, -0.2) is 0 Å². The topological polar surface area (TPSA) is 12.5 Å². The maximum absolute atomic E-state index is 5.86.